The predicted molar refractivity (Wildman–Crippen MR) is 49.5 cm³/mol. The van der Waals surface area contributed by atoms with Crippen molar-refractivity contribution in [3.05, 3.63) is 35.4 Å². The van der Waals surface area contributed by atoms with E-state index in [1.807, 2.05) is 25.1 Å². The Hall–Kier alpha value is -0.820. The first kappa shape index (κ1) is 9.27. The Morgan fingerprint density at radius 3 is 2.67 bits per heavy atom. The zero-order valence-electron chi connectivity index (χ0n) is 7.71. The summed E-state index contributed by atoms with van der Waals surface area (Å²) in [5.74, 6) is 0. The smallest absolute Gasteiger partial charge is 0.118 e. The minimum atomic E-state index is -0.545. The lowest BCUT2D eigenvalue weighted by molar-refractivity contribution is 0.0856. The van der Waals surface area contributed by atoms with E-state index >= 15 is 0 Å². The van der Waals surface area contributed by atoms with Crippen molar-refractivity contribution in [3.63, 3.8) is 0 Å². The lowest BCUT2D eigenvalue weighted by atomic mass is 10.0. The summed E-state index contributed by atoms with van der Waals surface area (Å²) in [6, 6.07) is 7.96. The lowest BCUT2D eigenvalue weighted by Gasteiger charge is -2.06. The first-order valence-electron chi connectivity index (χ1n) is 4.52. The molecule has 0 heterocycles. The third kappa shape index (κ3) is 2.08. The van der Waals surface area contributed by atoms with Gasteiger partial charge in [0, 0.05) is 0 Å². The molecule has 1 aromatic rings. The van der Waals surface area contributed by atoms with E-state index in [1.165, 1.54) is 5.56 Å². The molecular weight excluding hydrogens is 148 g/mol. The molecule has 0 bridgehead atoms. The fraction of sp³-hybridized carbons (Fsp3) is 0.455. The Labute approximate surface area is 74.1 Å². The molecule has 0 aliphatic heterocycles. The van der Waals surface area contributed by atoms with Crippen LogP contribution >= 0.6 is 0 Å². The van der Waals surface area contributed by atoms with Gasteiger partial charge in [0.05, 0.1) is 0 Å². The number of aryl methyl sites for hydroxylation is 1. The molecule has 0 aliphatic carbocycles. The highest BCUT2D eigenvalue weighted by molar-refractivity contribution is 5.24. The van der Waals surface area contributed by atoms with Gasteiger partial charge in [-0.1, -0.05) is 38.1 Å². The summed E-state index contributed by atoms with van der Waals surface area (Å²) in [4.78, 5) is 0. The summed E-state index contributed by atoms with van der Waals surface area (Å²) in [6.45, 7) is 4.03. The van der Waals surface area contributed by atoms with Crippen molar-refractivity contribution in [2.24, 2.45) is 0 Å². The van der Waals surface area contributed by atoms with Crippen molar-refractivity contribution < 1.29 is 5.11 Å². The van der Waals surface area contributed by atoms with Gasteiger partial charge in [-0.3, -0.25) is 0 Å². The molecule has 1 unspecified atom stereocenters. The molecule has 1 radical (unpaired) electrons. The van der Waals surface area contributed by atoms with Gasteiger partial charge in [0.1, 0.15) is 6.10 Å². The Bertz CT molecular complexity index is 243. The van der Waals surface area contributed by atoms with Crippen molar-refractivity contribution in [1.82, 2.24) is 0 Å². The summed E-state index contributed by atoms with van der Waals surface area (Å²) in [7, 11) is 0. The van der Waals surface area contributed by atoms with Crippen molar-refractivity contribution in [1.29, 1.82) is 0 Å². The Kier molecular flexibility index (Phi) is 3.30. The maximum Gasteiger partial charge on any atom is 0.118 e. The monoisotopic (exact) mass is 163 g/mol. The average Bonchev–Trinajstić information content (AvgIpc) is 2.17. The predicted octanol–water partition coefficient (Wildman–Crippen LogP) is 3.13. The first-order valence-corrected chi connectivity index (χ1v) is 4.52. The van der Waals surface area contributed by atoms with Gasteiger partial charge in [-0.05, 0) is 24.0 Å². The van der Waals surface area contributed by atoms with Gasteiger partial charge in [0.2, 0.25) is 0 Å². The van der Waals surface area contributed by atoms with Crippen molar-refractivity contribution in [2.45, 2.75) is 32.8 Å². The Balaban J connectivity index is 2.86. The SMILES string of the molecule is CCc1cccc(C([O])CC)c1. The molecule has 1 heteroatoms. The van der Waals surface area contributed by atoms with Crippen LogP contribution in [0, 0.1) is 0 Å². The number of benzene rings is 1. The molecule has 0 saturated heterocycles. The van der Waals surface area contributed by atoms with Crippen LogP contribution < -0.4 is 0 Å². The molecule has 1 atom stereocenters. The molecule has 1 rings (SSSR count). The minimum Gasteiger partial charge on any atom is -0.228 e. The van der Waals surface area contributed by atoms with E-state index in [9.17, 15) is 5.11 Å². The Morgan fingerprint density at radius 2 is 2.08 bits per heavy atom. The van der Waals surface area contributed by atoms with Gasteiger partial charge >= 0.3 is 0 Å². The van der Waals surface area contributed by atoms with Crippen LogP contribution in [0.3, 0.4) is 0 Å². The van der Waals surface area contributed by atoms with Gasteiger partial charge in [-0.2, -0.15) is 0 Å². The molecule has 0 fully saturated rings. The number of rotatable bonds is 3. The van der Waals surface area contributed by atoms with Crippen molar-refractivity contribution in [2.75, 3.05) is 0 Å². The third-order valence-corrected chi connectivity index (χ3v) is 2.10. The third-order valence-electron chi connectivity index (χ3n) is 2.10. The fourth-order valence-electron chi connectivity index (χ4n) is 1.25. The second-order valence-electron chi connectivity index (χ2n) is 3.00. The fourth-order valence-corrected chi connectivity index (χ4v) is 1.25. The second-order valence-corrected chi connectivity index (χ2v) is 3.00. The normalized spacial score (nSPS) is 12.9. The van der Waals surface area contributed by atoms with E-state index < -0.39 is 6.10 Å². The van der Waals surface area contributed by atoms with Gasteiger partial charge in [0.25, 0.3) is 0 Å². The van der Waals surface area contributed by atoms with E-state index in [-0.39, 0.29) is 0 Å². The van der Waals surface area contributed by atoms with Crippen LogP contribution in [0.4, 0.5) is 0 Å². The van der Waals surface area contributed by atoms with Crippen LogP contribution in [0.1, 0.15) is 37.5 Å². The molecule has 0 spiro atoms. The molecule has 65 valence electrons. The summed E-state index contributed by atoms with van der Waals surface area (Å²) < 4.78 is 0. The zero-order chi connectivity index (χ0) is 8.97. The van der Waals surface area contributed by atoms with Crippen LogP contribution in [-0.4, -0.2) is 0 Å². The van der Waals surface area contributed by atoms with E-state index in [2.05, 4.69) is 13.0 Å². The molecule has 1 aromatic carbocycles. The van der Waals surface area contributed by atoms with Crippen LogP contribution in [-0.2, 0) is 11.5 Å². The quantitative estimate of drug-likeness (QED) is 0.652. The van der Waals surface area contributed by atoms with Crippen LogP contribution in [0.2, 0.25) is 0 Å². The average molecular weight is 163 g/mol. The largest absolute Gasteiger partial charge is 0.228 e. The van der Waals surface area contributed by atoms with Crippen LogP contribution in [0.5, 0.6) is 0 Å². The molecule has 12 heavy (non-hydrogen) atoms. The van der Waals surface area contributed by atoms with E-state index in [1.54, 1.807) is 0 Å². The van der Waals surface area contributed by atoms with E-state index in [0.29, 0.717) is 6.42 Å². The van der Waals surface area contributed by atoms with Gasteiger partial charge in [0.15, 0.2) is 0 Å². The maximum absolute atomic E-state index is 11.4. The Morgan fingerprint density at radius 1 is 1.33 bits per heavy atom. The molecule has 1 nitrogen and oxygen atoms in total. The molecule has 0 N–H and O–H groups in total. The minimum absolute atomic E-state index is 0.545. The first-order chi connectivity index (χ1) is 5.77. The second kappa shape index (κ2) is 4.27. The summed E-state index contributed by atoms with van der Waals surface area (Å²) in [5, 5.41) is 11.4. The summed E-state index contributed by atoms with van der Waals surface area (Å²) in [5.41, 5.74) is 2.18. The number of hydrogen-bond acceptors (Lipinski definition) is 0. The highest BCUT2D eigenvalue weighted by atomic mass is 16.3. The maximum atomic E-state index is 11.4. The molecule has 0 aromatic heterocycles. The van der Waals surface area contributed by atoms with E-state index in [0.717, 1.165) is 12.0 Å². The summed E-state index contributed by atoms with van der Waals surface area (Å²) in [6.07, 6.45) is 1.13. The molecule has 0 amide bonds. The highest BCUT2D eigenvalue weighted by Gasteiger charge is 2.05. The lowest BCUT2D eigenvalue weighted by Crippen LogP contribution is -1.94. The van der Waals surface area contributed by atoms with Gasteiger partial charge < -0.3 is 0 Å². The van der Waals surface area contributed by atoms with Gasteiger partial charge in [-0.15, -0.1) is 0 Å². The van der Waals surface area contributed by atoms with Gasteiger partial charge in [-0.25, -0.2) is 5.11 Å². The molecule has 0 saturated carbocycles. The number of hydrogen-bond donors (Lipinski definition) is 0. The topological polar surface area (TPSA) is 19.9 Å². The standard InChI is InChI=1S/C11H15O/c1-3-9-6-5-7-10(8-9)11(12)4-2/h5-8,11H,3-4H2,1-2H3. The highest BCUT2D eigenvalue weighted by Crippen LogP contribution is 2.17. The summed E-state index contributed by atoms with van der Waals surface area (Å²) >= 11 is 0. The van der Waals surface area contributed by atoms with Crippen LogP contribution in [0.15, 0.2) is 24.3 Å². The molecular formula is C11H15O. The zero-order valence-corrected chi connectivity index (χ0v) is 7.71. The molecule has 0 aliphatic rings. The van der Waals surface area contributed by atoms with E-state index in [4.69, 9.17) is 0 Å². The van der Waals surface area contributed by atoms with Crippen LogP contribution in [0.25, 0.3) is 0 Å². The van der Waals surface area contributed by atoms with Crippen molar-refractivity contribution >= 4 is 0 Å². The van der Waals surface area contributed by atoms with Crippen molar-refractivity contribution in [3.8, 4) is 0 Å².